The lowest BCUT2D eigenvalue weighted by Crippen LogP contribution is -2.02. The molecule has 0 bridgehead atoms. The minimum absolute atomic E-state index is 0.246. The second-order valence-corrected chi connectivity index (χ2v) is 5.19. The molecule has 0 aliphatic rings. The quantitative estimate of drug-likeness (QED) is 0.667. The molecule has 3 aromatic rings. The summed E-state index contributed by atoms with van der Waals surface area (Å²) in [5.41, 5.74) is 1.08. The predicted molar refractivity (Wildman–Crippen MR) is 77.4 cm³/mol. The number of aromatic nitrogens is 3. The molecule has 0 atom stereocenters. The lowest BCUT2D eigenvalue weighted by molar-refractivity contribution is 0.0600. The molecule has 7 heteroatoms. The van der Waals surface area contributed by atoms with Gasteiger partial charge in [0, 0.05) is 10.7 Å². The summed E-state index contributed by atoms with van der Waals surface area (Å²) in [7, 11) is 1.30. The minimum atomic E-state index is -0.462. The molecule has 5 nitrogen and oxygen atoms in total. The highest BCUT2D eigenvalue weighted by atomic mass is 79.9. The smallest absolute Gasteiger partial charge is 0.338 e. The molecule has 21 heavy (non-hydrogen) atoms. The Morgan fingerprint density at radius 2 is 2.14 bits per heavy atom. The van der Waals surface area contributed by atoms with Crippen molar-refractivity contribution in [2.45, 2.75) is 0 Å². The summed E-state index contributed by atoms with van der Waals surface area (Å²) >= 11 is 3.29. The Hall–Kier alpha value is -2.28. The van der Waals surface area contributed by atoms with Gasteiger partial charge in [0.15, 0.2) is 11.5 Å². The first-order valence-corrected chi connectivity index (χ1v) is 6.78. The van der Waals surface area contributed by atoms with E-state index >= 15 is 0 Å². The molecule has 0 saturated carbocycles. The van der Waals surface area contributed by atoms with Gasteiger partial charge in [0.25, 0.3) is 0 Å². The van der Waals surface area contributed by atoms with Crippen LogP contribution in [-0.2, 0) is 4.74 Å². The van der Waals surface area contributed by atoms with Crippen LogP contribution in [-0.4, -0.2) is 27.7 Å². The molecule has 3 rings (SSSR count). The number of benzene rings is 1. The molecular weight excluding hydrogens is 341 g/mol. The maximum atomic E-state index is 13.9. The Kier molecular flexibility index (Phi) is 3.42. The van der Waals surface area contributed by atoms with E-state index in [0.29, 0.717) is 11.2 Å². The van der Waals surface area contributed by atoms with Gasteiger partial charge in [-0.05, 0) is 30.3 Å². The molecule has 0 spiro atoms. The number of carbonyl (C=O) groups is 1. The molecular formula is C14H9BrFN3O2. The van der Waals surface area contributed by atoms with Crippen LogP contribution in [0.3, 0.4) is 0 Å². The molecule has 2 heterocycles. The van der Waals surface area contributed by atoms with Crippen LogP contribution in [0.1, 0.15) is 10.4 Å². The number of fused-ring (bicyclic) bond motifs is 1. The van der Waals surface area contributed by atoms with E-state index in [1.807, 2.05) is 0 Å². The molecule has 0 radical (unpaired) electrons. The van der Waals surface area contributed by atoms with Gasteiger partial charge in [0.1, 0.15) is 5.82 Å². The SMILES string of the molecule is COC(=O)c1ccn2nc(-c3cc(Br)ccc3F)nc2c1. The Morgan fingerprint density at radius 1 is 1.33 bits per heavy atom. The first kappa shape index (κ1) is 13.7. The maximum absolute atomic E-state index is 13.9. The highest BCUT2D eigenvalue weighted by Gasteiger charge is 2.13. The fraction of sp³-hybridized carbons (Fsp3) is 0.0714. The number of carbonyl (C=O) groups excluding carboxylic acids is 1. The van der Waals surface area contributed by atoms with E-state index in [1.165, 1.54) is 23.8 Å². The fourth-order valence-electron chi connectivity index (χ4n) is 1.91. The zero-order valence-corrected chi connectivity index (χ0v) is 12.5. The Morgan fingerprint density at radius 3 is 2.90 bits per heavy atom. The molecule has 0 N–H and O–H groups in total. The van der Waals surface area contributed by atoms with Crippen LogP contribution in [0.2, 0.25) is 0 Å². The molecule has 2 aromatic heterocycles. The van der Waals surface area contributed by atoms with E-state index in [4.69, 9.17) is 0 Å². The highest BCUT2D eigenvalue weighted by Crippen LogP contribution is 2.24. The molecule has 0 aliphatic heterocycles. The lowest BCUT2D eigenvalue weighted by Gasteiger charge is -1.98. The van der Waals surface area contributed by atoms with E-state index in [0.717, 1.165) is 4.47 Å². The van der Waals surface area contributed by atoms with E-state index in [9.17, 15) is 9.18 Å². The van der Waals surface area contributed by atoms with E-state index in [2.05, 4.69) is 30.7 Å². The molecule has 0 amide bonds. The number of ether oxygens (including phenoxy) is 1. The van der Waals surface area contributed by atoms with Gasteiger partial charge in [0.05, 0.1) is 18.2 Å². The number of methoxy groups -OCH3 is 1. The van der Waals surface area contributed by atoms with Crippen molar-refractivity contribution in [1.29, 1.82) is 0 Å². The third-order valence-electron chi connectivity index (χ3n) is 2.93. The summed E-state index contributed by atoms with van der Waals surface area (Å²) in [4.78, 5) is 15.7. The van der Waals surface area contributed by atoms with Crippen LogP contribution >= 0.6 is 15.9 Å². The summed E-state index contributed by atoms with van der Waals surface area (Å²) < 4.78 is 20.7. The van der Waals surface area contributed by atoms with Crippen LogP contribution in [0, 0.1) is 5.82 Å². The van der Waals surface area contributed by atoms with Gasteiger partial charge in [-0.1, -0.05) is 15.9 Å². The molecule has 106 valence electrons. The summed E-state index contributed by atoms with van der Waals surface area (Å²) in [5, 5.41) is 4.20. The van der Waals surface area contributed by atoms with Gasteiger partial charge in [-0.2, -0.15) is 0 Å². The number of rotatable bonds is 2. The number of hydrogen-bond donors (Lipinski definition) is 0. The molecule has 0 saturated heterocycles. The minimum Gasteiger partial charge on any atom is -0.465 e. The van der Waals surface area contributed by atoms with Crippen molar-refractivity contribution in [1.82, 2.24) is 14.6 Å². The van der Waals surface area contributed by atoms with Crippen molar-refractivity contribution in [3.8, 4) is 11.4 Å². The number of pyridine rings is 1. The van der Waals surface area contributed by atoms with Gasteiger partial charge in [-0.3, -0.25) is 0 Å². The number of hydrogen-bond acceptors (Lipinski definition) is 4. The van der Waals surface area contributed by atoms with Crippen LogP contribution < -0.4 is 0 Å². The second-order valence-electron chi connectivity index (χ2n) is 4.27. The third kappa shape index (κ3) is 2.52. The molecule has 0 aliphatic carbocycles. The first-order chi connectivity index (χ1) is 10.1. The van der Waals surface area contributed by atoms with Crippen LogP contribution in [0.15, 0.2) is 41.0 Å². The van der Waals surface area contributed by atoms with Crippen LogP contribution in [0.5, 0.6) is 0 Å². The third-order valence-corrected chi connectivity index (χ3v) is 3.42. The summed E-state index contributed by atoms with van der Waals surface area (Å²) in [6.45, 7) is 0. The molecule has 0 unspecified atom stereocenters. The second kappa shape index (κ2) is 5.25. The number of nitrogens with zero attached hydrogens (tertiary/aromatic N) is 3. The zero-order valence-electron chi connectivity index (χ0n) is 10.9. The maximum Gasteiger partial charge on any atom is 0.338 e. The monoisotopic (exact) mass is 349 g/mol. The van der Waals surface area contributed by atoms with E-state index in [-0.39, 0.29) is 11.4 Å². The fourth-order valence-corrected chi connectivity index (χ4v) is 2.27. The first-order valence-electron chi connectivity index (χ1n) is 5.98. The van der Waals surface area contributed by atoms with Crippen molar-refractivity contribution in [2.24, 2.45) is 0 Å². The van der Waals surface area contributed by atoms with Gasteiger partial charge in [-0.15, -0.1) is 5.10 Å². The Labute approximate surface area is 127 Å². The largest absolute Gasteiger partial charge is 0.465 e. The Bertz CT molecular complexity index is 847. The average molecular weight is 350 g/mol. The molecule has 1 aromatic carbocycles. The van der Waals surface area contributed by atoms with Crippen molar-refractivity contribution in [2.75, 3.05) is 7.11 Å². The van der Waals surface area contributed by atoms with Gasteiger partial charge in [0.2, 0.25) is 0 Å². The standard InChI is InChI=1S/C14H9BrFN3O2/c1-21-14(20)8-4-5-19-12(6-8)17-13(18-19)10-7-9(15)2-3-11(10)16/h2-7H,1H3. The molecule has 0 fully saturated rings. The van der Waals surface area contributed by atoms with Gasteiger partial charge < -0.3 is 4.74 Å². The number of halogens is 2. The van der Waals surface area contributed by atoms with Crippen LogP contribution in [0.4, 0.5) is 4.39 Å². The van der Waals surface area contributed by atoms with E-state index in [1.54, 1.807) is 24.4 Å². The number of esters is 1. The van der Waals surface area contributed by atoms with Crippen LogP contribution in [0.25, 0.3) is 17.0 Å². The zero-order chi connectivity index (χ0) is 15.0. The topological polar surface area (TPSA) is 56.5 Å². The normalized spacial score (nSPS) is 10.8. The van der Waals surface area contributed by atoms with E-state index < -0.39 is 11.8 Å². The predicted octanol–water partition coefficient (Wildman–Crippen LogP) is 3.08. The Balaban J connectivity index is 2.13. The van der Waals surface area contributed by atoms with Crippen molar-refractivity contribution < 1.29 is 13.9 Å². The van der Waals surface area contributed by atoms with Gasteiger partial charge in [-0.25, -0.2) is 18.7 Å². The summed E-state index contributed by atoms with van der Waals surface area (Å²) in [6, 6.07) is 7.65. The average Bonchev–Trinajstić information content (AvgIpc) is 2.91. The lowest BCUT2D eigenvalue weighted by atomic mass is 10.2. The van der Waals surface area contributed by atoms with Crippen molar-refractivity contribution in [3.05, 3.63) is 52.4 Å². The summed E-state index contributed by atoms with van der Waals surface area (Å²) in [5.74, 6) is -0.631. The van der Waals surface area contributed by atoms with Gasteiger partial charge >= 0.3 is 5.97 Å². The van der Waals surface area contributed by atoms with Crippen molar-refractivity contribution in [3.63, 3.8) is 0 Å². The van der Waals surface area contributed by atoms with Crippen molar-refractivity contribution >= 4 is 27.5 Å². The highest BCUT2D eigenvalue weighted by molar-refractivity contribution is 9.10. The summed E-state index contributed by atoms with van der Waals surface area (Å²) in [6.07, 6.45) is 1.58.